The quantitative estimate of drug-likeness (QED) is 0.668. The van der Waals surface area contributed by atoms with Gasteiger partial charge in [-0.1, -0.05) is 36.7 Å². The van der Waals surface area contributed by atoms with Gasteiger partial charge >= 0.3 is 0 Å². The van der Waals surface area contributed by atoms with Gasteiger partial charge in [0.15, 0.2) is 6.61 Å². The third kappa shape index (κ3) is 5.77. The predicted octanol–water partition coefficient (Wildman–Crippen LogP) is 3.07. The molecule has 1 N–H and O–H groups in total. The van der Waals surface area contributed by atoms with Crippen molar-refractivity contribution in [3.63, 3.8) is 0 Å². The van der Waals surface area contributed by atoms with Crippen LogP contribution in [0.5, 0.6) is 0 Å². The zero-order chi connectivity index (χ0) is 20.7. The van der Waals surface area contributed by atoms with E-state index in [9.17, 15) is 13.2 Å². The summed E-state index contributed by atoms with van der Waals surface area (Å²) in [5.41, 5.74) is 2.44. The van der Waals surface area contributed by atoms with E-state index in [1.807, 2.05) is 12.1 Å². The normalized spacial score (nSPS) is 15.3. The maximum atomic E-state index is 12.9. The molecule has 0 radical (unpaired) electrons. The Morgan fingerprint density at radius 3 is 2.48 bits per heavy atom. The Morgan fingerprint density at radius 2 is 1.83 bits per heavy atom. The fourth-order valence-corrected chi connectivity index (χ4v) is 4.65. The summed E-state index contributed by atoms with van der Waals surface area (Å²) < 4.78 is 27.2. The number of sulfonamides is 1. The Labute approximate surface area is 171 Å². The van der Waals surface area contributed by atoms with Gasteiger partial charge in [0.2, 0.25) is 15.6 Å². The van der Waals surface area contributed by atoms with Gasteiger partial charge in [-0.05, 0) is 36.6 Å². The van der Waals surface area contributed by atoms with Crippen LogP contribution in [0, 0.1) is 0 Å². The van der Waals surface area contributed by atoms with Crippen LogP contribution in [0.4, 0.5) is 0 Å². The molecule has 0 aliphatic carbocycles. The molecular weight excluding hydrogens is 390 g/mol. The summed E-state index contributed by atoms with van der Waals surface area (Å²) in [6, 6.07) is 12.1. The average Bonchev–Trinajstić information content (AvgIpc) is 2.73. The summed E-state index contributed by atoms with van der Waals surface area (Å²) >= 11 is 0. The van der Waals surface area contributed by atoms with Gasteiger partial charge < -0.3 is 9.82 Å². The molecule has 1 aliphatic heterocycles. The van der Waals surface area contributed by atoms with E-state index in [0.29, 0.717) is 36.5 Å². The number of aromatic nitrogens is 1. The molecule has 7 nitrogen and oxygen atoms in total. The molecule has 1 fully saturated rings. The first kappa shape index (κ1) is 21.3. The molecule has 2 heterocycles. The molecule has 0 amide bonds. The van der Waals surface area contributed by atoms with E-state index in [2.05, 4.69) is 17.1 Å². The number of oxime groups is 1. The second kappa shape index (κ2) is 9.84. The molecule has 0 saturated carbocycles. The Morgan fingerprint density at radius 1 is 1.10 bits per heavy atom. The minimum Gasteiger partial charge on any atom is -0.389 e. The van der Waals surface area contributed by atoms with Crippen molar-refractivity contribution in [3.05, 3.63) is 64.1 Å². The van der Waals surface area contributed by atoms with Crippen LogP contribution in [0.3, 0.4) is 0 Å². The SMILES string of the molecule is CCCCc1ccc(S(=O)(=O)N2CCC(=NOCc3cccc(=O)[nH]3)CC2)cc1. The van der Waals surface area contributed by atoms with Crippen LogP contribution in [0.25, 0.3) is 0 Å². The molecule has 8 heteroatoms. The molecule has 2 aromatic rings. The van der Waals surface area contributed by atoms with E-state index in [4.69, 9.17) is 4.84 Å². The van der Waals surface area contributed by atoms with Gasteiger partial charge in [-0.15, -0.1) is 0 Å². The molecule has 0 atom stereocenters. The van der Waals surface area contributed by atoms with Crippen molar-refractivity contribution in [2.24, 2.45) is 5.16 Å². The summed E-state index contributed by atoms with van der Waals surface area (Å²) in [6.07, 6.45) is 4.24. The van der Waals surface area contributed by atoms with Crippen LogP contribution in [0.1, 0.15) is 43.9 Å². The van der Waals surface area contributed by atoms with Crippen molar-refractivity contribution in [3.8, 4) is 0 Å². The van der Waals surface area contributed by atoms with Crippen molar-refractivity contribution in [2.45, 2.75) is 50.5 Å². The molecule has 0 spiro atoms. The molecule has 156 valence electrons. The number of hydrogen-bond donors (Lipinski definition) is 1. The number of nitrogens with zero attached hydrogens (tertiary/aromatic N) is 2. The first-order chi connectivity index (χ1) is 14.0. The molecule has 0 unspecified atom stereocenters. The highest BCUT2D eigenvalue weighted by Crippen LogP contribution is 2.21. The maximum Gasteiger partial charge on any atom is 0.248 e. The van der Waals surface area contributed by atoms with Gasteiger partial charge in [0.1, 0.15) is 0 Å². The zero-order valence-corrected chi connectivity index (χ0v) is 17.5. The van der Waals surface area contributed by atoms with E-state index in [-0.39, 0.29) is 12.2 Å². The molecule has 29 heavy (non-hydrogen) atoms. The first-order valence-corrected chi connectivity index (χ1v) is 11.4. The van der Waals surface area contributed by atoms with E-state index in [1.54, 1.807) is 24.3 Å². The van der Waals surface area contributed by atoms with E-state index < -0.39 is 10.0 Å². The minimum atomic E-state index is -3.49. The minimum absolute atomic E-state index is 0.173. The molecule has 1 aromatic carbocycles. The Balaban J connectivity index is 1.54. The zero-order valence-electron chi connectivity index (χ0n) is 16.6. The van der Waals surface area contributed by atoms with Crippen molar-refractivity contribution in [1.29, 1.82) is 0 Å². The molecule has 1 aliphatic rings. The number of aryl methyl sites for hydroxylation is 1. The first-order valence-electron chi connectivity index (χ1n) is 9.94. The predicted molar refractivity (Wildman–Crippen MR) is 112 cm³/mol. The van der Waals surface area contributed by atoms with Crippen LogP contribution in [-0.2, 0) is 27.9 Å². The van der Waals surface area contributed by atoms with E-state index in [0.717, 1.165) is 30.5 Å². The van der Waals surface area contributed by atoms with Gasteiger partial charge in [-0.2, -0.15) is 4.31 Å². The highest BCUT2D eigenvalue weighted by atomic mass is 32.2. The number of nitrogens with one attached hydrogen (secondary N) is 1. The second-order valence-corrected chi connectivity index (χ2v) is 9.06. The average molecular weight is 418 g/mol. The van der Waals surface area contributed by atoms with E-state index in [1.165, 1.54) is 10.4 Å². The highest BCUT2D eigenvalue weighted by Gasteiger charge is 2.28. The lowest BCUT2D eigenvalue weighted by molar-refractivity contribution is 0.125. The number of piperidine rings is 1. The van der Waals surface area contributed by atoms with Gasteiger partial charge in [0.25, 0.3) is 0 Å². The van der Waals surface area contributed by atoms with Crippen molar-refractivity contribution in [1.82, 2.24) is 9.29 Å². The third-order valence-electron chi connectivity index (χ3n) is 4.92. The fourth-order valence-electron chi connectivity index (χ4n) is 3.20. The number of aromatic amines is 1. The summed E-state index contributed by atoms with van der Waals surface area (Å²) in [4.78, 5) is 19.6. The van der Waals surface area contributed by atoms with E-state index >= 15 is 0 Å². The second-order valence-electron chi connectivity index (χ2n) is 7.12. The maximum absolute atomic E-state index is 12.9. The summed E-state index contributed by atoms with van der Waals surface area (Å²) in [5, 5.41) is 4.11. The Kier molecular flexibility index (Phi) is 7.22. The van der Waals surface area contributed by atoms with Crippen molar-refractivity contribution >= 4 is 15.7 Å². The number of benzene rings is 1. The largest absolute Gasteiger partial charge is 0.389 e. The van der Waals surface area contributed by atoms with Crippen LogP contribution >= 0.6 is 0 Å². The molecular formula is C21H27N3O4S. The van der Waals surface area contributed by atoms with Gasteiger partial charge in [0.05, 0.1) is 16.3 Å². The number of pyridine rings is 1. The number of unbranched alkanes of at least 4 members (excludes halogenated alkanes) is 1. The van der Waals surface area contributed by atoms with Crippen molar-refractivity contribution < 1.29 is 13.3 Å². The molecule has 3 rings (SSSR count). The smallest absolute Gasteiger partial charge is 0.248 e. The standard InChI is InChI=1S/C21H27N3O4S/c1-2-3-5-17-8-10-20(11-9-17)29(26,27)24-14-12-18(13-15-24)23-28-16-19-6-4-7-21(25)22-19/h4,6-11H,2-3,5,12-16H2,1H3,(H,22,25). The third-order valence-corrected chi connectivity index (χ3v) is 6.84. The molecule has 0 bridgehead atoms. The number of rotatable bonds is 8. The molecule has 1 aromatic heterocycles. The Hall–Kier alpha value is -2.45. The monoisotopic (exact) mass is 417 g/mol. The van der Waals surface area contributed by atoms with Gasteiger partial charge in [-0.3, -0.25) is 4.79 Å². The lowest BCUT2D eigenvalue weighted by Gasteiger charge is -2.26. The molecule has 1 saturated heterocycles. The lowest BCUT2D eigenvalue weighted by atomic mass is 10.1. The summed E-state index contributed by atoms with van der Waals surface area (Å²) in [6.45, 7) is 3.07. The van der Waals surface area contributed by atoms with Crippen LogP contribution in [-0.4, -0.2) is 36.5 Å². The summed E-state index contributed by atoms with van der Waals surface area (Å²) in [5.74, 6) is 0. The highest BCUT2D eigenvalue weighted by molar-refractivity contribution is 7.89. The lowest BCUT2D eigenvalue weighted by Crippen LogP contribution is -2.38. The van der Waals surface area contributed by atoms with Crippen LogP contribution < -0.4 is 5.56 Å². The number of hydrogen-bond acceptors (Lipinski definition) is 5. The van der Waals surface area contributed by atoms with Crippen LogP contribution in [0.15, 0.2) is 57.3 Å². The Bertz CT molecular complexity index is 987. The topological polar surface area (TPSA) is 91.8 Å². The van der Waals surface area contributed by atoms with Gasteiger partial charge in [0, 0.05) is 32.0 Å². The summed E-state index contributed by atoms with van der Waals surface area (Å²) in [7, 11) is -3.49. The van der Waals surface area contributed by atoms with Crippen LogP contribution in [0.2, 0.25) is 0 Å². The fraction of sp³-hybridized carbons (Fsp3) is 0.429. The van der Waals surface area contributed by atoms with Gasteiger partial charge in [-0.25, -0.2) is 8.42 Å². The number of H-pyrrole nitrogens is 1. The van der Waals surface area contributed by atoms with Crippen molar-refractivity contribution in [2.75, 3.05) is 13.1 Å².